The van der Waals surface area contributed by atoms with Gasteiger partial charge in [-0.2, -0.15) is 10.4 Å². The third kappa shape index (κ3) is 3.65. The number of aliphatic hydroxyl groups is 1. The lowest BCUT2D eigenvalue weighted by Gasteiger charge is -2.38. The number of carbonyl (C=O) groups is 1. The number of ether oxygens (including phenoxy) is 1. The molecule has 5 rings (SSSR count). The van der Waals surface area contributed by atoms with Crippen LogP contribution in [-0.4, -0.2) is 38.6 Å². The Labute approximate surface area is 200 Å². The van der Waals surface area contributed by atoms with E-state index in [-0.39, 0.29) is 18.1 Å². The zero-order valence-corrected chi connectivity index (χ0v) is 19.1. The van der Waals surface area contributed by atoms with Crippen molar-refractivity contribution in [1.29, 1.82) is 5.26 Å². The van der Waals surface area contributed by atoms with Crippen LogP contribution in [0.5, 0.6) is 5.75 Å². The van der Waals surface area contributed by atoms with E-state index in [0.717, 1.165) is 11.1 Å². The molecule has 1 saturated heterocycles. The Morgan fingerprint density at radius 2 is 2.12 bits per heavy atom. The van der Waals surface area contributed by atoms with Gasteiger partial charge in [0.15, 0.2) is 5.72 Å². The highest BCUT2D eigenvalue weighted by atomic mass is 32.2. The van der Waals surface area contributed by atoms with Crippen molar-refractivity contribution in [1.82, 2.24) is 14.7 Å². The average molecular weight is 477 g/mol. The van der Waals surface area contributed by atoms with Gasteiger partial charge in [-0.25, -0.2) is 4.39 Å². The SMILES string of the molecule is COc1ccc([C@@H]2CC(=O)N3C(=C2C#N)SC[C@]3(O)c2ccc(F)cc2)cc1Cn1cccn1. The molecule has 1 fully saturated rings. The standard InChI is InChI=1S/C25H21FN4O3S/c1-33-22-8-3-16(11-17(22)14-29-10-2-9-28-29)20-12-23(31)30-24(21(20)13-27)34-15-25(30,32)18-4-6-19(26)7-5-18/h2-11,20,32H,12,14-15H2,1H3/t20-,25-/m0/s1. The summed E-state index contributed by atoms with van der Waals surface area (Å²) in [4.78, 5) is 14.6. The number of hydrogen-bond acceptors (Lipinski definition) is 6. The predicted octanol–water partition coefficient (Wildman–Crippen LogP) is 3.72. The highest BCUT2D eigenvalue weighted by molar-refractivity contribution is 8.03. The number of benzene rings is 2. The molecular weight excluding hydrogens is 455 g/mol. The van der Waals surface area contributed by atoms with Crippen LogP contribution < -0.4 is 4.74 Å². The van der Waals surface area contributed by atoms with Crippen molar-refractivity contribution in [3.05, 3.63) is 94.0 Å². The summed E-state index contributed by atoms with van der Waals surface area (Å²) in [6.07, 6.45) is 3.58. The molecule has 34 heavy (non-hydrogen) atoms. The third-order valence-corrected chi connectivity index (χ3v) is 7.44. The lowest BCUT2D eigenvalue weighted by atomic mass is 9.84. The quantitative estimate of drug-likeness (QED) is 0.604. The van der Waals surface area contributed by atoms with Crippen molar-refractivity contribution in [2.75, 3.05) is 12.9 Å². The number of amides is 1. The predicted molar refractivity (Wildman–Crippen MR) is 124 cm³/mol. The molecule has 2 aliphatic rings. The number of aromatic nitrogens is 2. The molecule has 172 valence electrons. The molecule has 2 aromatic carbocycles. The van der Waals surface area contributed by atoms with E-state index >= 15 is 0 Å². The molecule has 3 heterocycles. The molecule has 1 N–H and O–H groups in total. The maximum Gasteiger partial charge on any atom is 0.231 e. The van der Waals surface area contributed by atoms with Crippen LogP contribution in [0.25, 0.3) is 0 Å². The smallest absolute Gasteiger partial charge is 0.231 e. The van der Waals surface area contributed by atoms with Crippen LogP contribution in [0.1, 0.15) is 29.0 Å². The van der Waals surface area contributed by atoms with Crippen LogP contribution >= 0.6 is 11.8 Å². The fourth-order valence-corrected chi connectivity index (χ4v) is 5.91. The summed E-state index contributed by atoms with van der Waals surface area (Å²) < 4.78 is 20.7. The van der Waals surface area contributed by atoms with E-state index in [1.807, 2.05) is 30.5 Å². The first kappa shape index (κ1) is 22.2. The van der Waals surface area contributed by atoms with Gasteiger partial charge in [0.25, 0.3) is 0 Å². The number of rotatable bonds is 5. The Hall–Kier alpha value is -3.61. The first-order valence-electron chi connectivity index (χ1n) is 10.7. The minimum atomic E-state index is -1.64. The largest absolute Gasteiger partial charge is 0.496 e. The van der Waals surface area contributed by atoms with Crippen LogP contribution in [0.3, 0.4) is 0 Å². The molecule has 0 saturated carbocycles. The number of carbonyl (C=O) groups excluding carboxylic acids is 1. The maximum absolute atomic E-state index is 13.4. The van der Waals surface area contributed by atoms with Gasteiger partial charge in [0.05, 0.1) is 36.1 Å². The molecule has 0 aliphatic carbocycles. The lowest BCUT2D eigenvalue weighted by Crippen LogP contribution is -2.48. The van der Waals surface area contributed by atoms with Crippen LogP contribution in [0, 0.1) is 17.1 Å². The number of nitriles is 1. The van der Waals surface area contributed by atoms with Crippen LogP contribution in [-0.2, 0) is 17.1 Å². The second-order valence-corrected chi connectivity index (χ2v) is 9.17. The summed E-state index contributed by atoms with van der Waals surface area (Å²) in [7, 11) is 1.59. The minimum absolute atomic E-state index is 0.0317. The molecule has 0 spiro atoms. The van der Waals surface area contributed by atoms with E-state index in [9.17, 15) is 19.6 Å². The summed E-state index contributed by atoms with van der Waals surface area (Å²) in [6.45, 7) is 0.480. The molecule has 0 radical (unpaired) electrons. The molecule has 2 atom stereocenters. The summed E-state index contributed by atoms with van der Waals surface area (Å²) in [5.74, 6) is -0.323. The fraction of sp³-hybridized carbons (Fsp3) is 0.240. The Balaban J connectivity index is 1.54. The first-order chi connectivity index (χ1) is 16.4. The maximum atomic E-state index is 13.4. The molecule has 1 amide bonds. The highest BCUT2D eigenvalue weighted by Crippen LogP contribution is 2.51. The number of hydrogen-bond donors (Lipinski definition) is 1. The van der Waals surface area contributed by atoms with E-state index in [1.165, 1.54) is 40.9 Å². The molecule has 3 aromatic rings. The monoisotopic (exact) mass is 476 g/mol. The van der Waals surface area contributed by atoms with E-state index < -0.39 is 17.5 Å². The summed E-state index contributed by atoms with van der Waals surface area (Å²) in [5.41, 5.74) is 0.896. The molecule has 0 bridgehead atoms. The van der Waals surface area contributed by atoms with Gasteiger partial charge in [0.2, 0.25) is 5.91 Å². The zero-order valence-electron chi connectivity index (χ0n) is 18.3. The Morgan fingerprint density at radius 1 is 1.32 bits per heavy atom. The number of thioether (sulfide) groups is 1. The van der Waals surface area contributed by atoms with Crippen molar-refractivity contribution in [3.8, 4) is 11.8 Å². The number of nitrogens with zero attached hydrogens (tertiary/aromatic N) is 4. The average Bonchev–Trinajstić information content (AvgIpc) is 3.48. The van der Waals surface area contributed by atoms with Gasteiger partial charge in [-0.3, -0.25) is 14.4 Å². The van der Waals surface area contributed by atoms with Crippen LogP contribution in [0.15, 0.2) is 71.5 Å². The van der Waals surface area contributed by atoms with Gasteiger partial charge in [-0.05, 0) is 35.9 Å². The van der Waals surface area contributed by atoms with Crippen molar-refractivity contribution in [3.63, 3.8) is 0 Å². The molecule has 0 unspecified atom stereocenters. The summed E-state index contributed by atoms with van der Waals surface area (Å²) >= 11 is 1.26. The van der Waals surface area contributed by atoms with Crippen molar-refractivity contribution >= 4 is 17.7 Å². The number of allylic oxidation sites excluding steroid dienone is 1. The number of fused-ring (bicyclic) bond motifs is 1. The Kier molecular flexibility index (Phi) is 5.63. The number of halogens is 1. The second-order valence-electron chi connectivity index (χ2n) is 8.20. The molecular formula is C25H21FN4O3S. The zero-order chi connectivity index (χ0) is 23.9. The molecule has 7 nitrogen and oxygen atoms in total. The van der Waals surface area contributed by atoms with Crippen molar-refractivity contribution < 1.29 is 19.0 Å². The molecule has 2 aliphatic heterocycles. The van der Waals surface area contributed by atoms with Crippen LogP contribution in [0.2, 0.25) is 0 Å². The van der Waals surface area contributed by atoms with Gasteiger partial charge in [-0.15, -0.1) is 11.8 Å². The lowest BCUT2D eigenvalue weighted by molar-refractivity contribution is -0.149. The van der Waals surface area contributed by atoms with Gasteiger partial charge < -0.3 is 9.84 Å². The van der Waals surface area contributed by atoms with Gasteiger partial charge in [0.1, 0.15) is 11.6 Å². The van der Waals surface area contributed by atoms with Gasteiger partial charge in [0, 0.05) is 35.9 Å². The van der Waals surface area contributed by atoms with Crippen molar-refractivity contribution in [2.45, 2.75) is 24.6 Å². The Bertz CT molecular complexity index is 1320. The third-order valence-electron chi connectivity index (χ3n) is 6.22. The minimum Gasteiger partial charge on any atom is -0.496 e. The van der Waals surface area contributed by atoms with Gasteiger partial charge >= 0.3 is 0 Å². The van der Waals surface area contributed by atoms with Crippen molar-refractivity contribution in [2.24, 2.45) is 0 Å². The second kappa shape index (κ2) is 8.63. The topological polar surface area (TPSA) is 91.4 Å². The fourth-order valence-electron chi connectivity index (χ4n) is 4.55. The van der Waals surface area contributed by atoms with E-state index in [2.05, 4.69) is 11.2 Å². The van der Waals surface area contributed by atoms with E-state index in [1.54, 1.807) is 18.0 Å². The Morgan fingerprint density at radius 3 is 2.79 bits per heavy atom. The van der Waals surface area contributed by atoms with E-state index in [4.69, 9.17) is 4.74 Å². The van der Waals surface area contributed by atoms with E-state index in [0.29, 0.717) is 28.5 Å². The number of methoxy groups -OCH3 is 1. The molecule has 1 aromatic heterocycles. The summed E-state index contributed by atoms with van der Waals surface area (Å²) in [5, 5.41) is 26.2. The highest BCUT2D eigenvalue weighted by Gasteiger charge is 2.51. The van der Waals surface area contributed by atoms with Crippen LogP contribution in [0.4, 0.5) is 4.39 Å². The summed E-state index contributed by atoms with van der Waals surface area (Å²) in [6, 6.07) is 15.2. The van der Waals surface area contributed by atoms with Gasteiger partial charge in [-0.1, -0.05) is 18.2 Å². The molecule has 9 heteroatoms. The first-order valence-corrected chi connectivity index (χ1v) is 11.7. The normalized spacial score (nSPS) is 22.0.